The second kappa shape index (κ2) is 10.7. The molecule has 0 radical (unpaired) electrons. The van der Waals surface area contributed by atoms with Crippen molar-refractivity contribution in [3.8, 4) is 0 Å². The summed E-state index contributed by atoms with van der Waals surface area (Å²) in [7, 11) is 0. The molecule has 0 aliphatic heterocycles. The monoisotopic (exact) mass is 464 g/mol. The zero-order valence-electron chi connectivity index (χ0n) is 20.0. The minimum absolute atomic E-state index is 0.0937. The Bertz CT molecular complexity index is 1340. The maximum Gasteiger partial charge on any atom is 0.268 e. The van der Waals surface area contributed by atoms with E-state index in [2.05, 4.69) is 16.7 Å². The van der Waals surface area contributed by atoms with Gasteiger partial charge >= 0.3 is 0 Å². The van der Waals surface area contributed by atoms with Gasteiger partial charge in [-0.05, 0) is 61.7 Å². The molecule has 2 N–H and O–H groups in total. The molecule has 0 unspecified atom stereocenters. The van der Waals surface area contributed by atoms with Gasteiger partial charge in [-0.1, -0.05) is 71.8 Å². The van der Waals surface area contributed by atoms with Crippen LogP contribution in [0, 0.1) is 20.8 Å². The van der Waals surface area contributed by atoms with E-state index in [0.29, 0.717) is 11.3 Å². The molecule has 1 atom stereocenters. The number of furan rings is 1. The Morgan fingerprint density at radius 2 is 1.54 bits per heavy atom. The highest BCUT2D eigenvalue weighted by molar-refractivity contribution is 6.05. The van der Waals surface area contributed by atoms with Crippen LogP contribution >= 0.6 is 0 Å². The van der Waals surface area contributed by atoms with Crippen molar-refractivity contribution in [1.82, 2.24) is 10.6 Å². The van der Waals surface area contributed by atoms with Crippen LogP contribution in [-0.4, -0.2) is 11.8 Å². The number of aryl methyl sites for hydroxylation is 3. The molecule has 35 heavy (non-hydrogen) atoms. The van der Waals surface area contributed by atoms with Crippen LogP contribution in [0.3, 0.4) is 0 Å². The molecule has 4 rings (SSSR count). The van der Waals surface area contributed by atoms with Gasteiger partial charge in [-0.25, -0.2) is 0 Å². The molecule has 1 aromatic heterocycles. The predicted octanol–water partition coefficient (Wildman–Crippen LogP) is 5.88. The van der Waals surface area contributed by atoms with E-state index in [4.69, 9.17) is 4.42 Å². The third-order valence-corrected chi connectivity index (χ3v) is 5.78. The predicted molar refractivity (Wildman–Crippen MR) is 138 cm³/mol. The topological polar surface area (TPSA) is 71.3 Å². The molecule has 0 aliphatic carbocycles. The van der Waals surface area contributed by atoms with Gasteiger partial charge in [0.25, 0.3) is 11.8 Å². The van der Waals surface area contributed by atoms with Gasteiger partial charge in [-0.15, -0.1) is 0 Å². The molecule has 1 heterocycles. The summed E-state index contributed by atoms with van der Waals surface area (Å²) in [6.07, 6.45) is 3.05. The fourth-order valence-electron chi connectivity index (χ4n) is 3.92. The van der Waals surface area contributed by atoms with E-state index in [0.717, 1.165) is 27.8 Å². The van der Waals surface area contributed by atoms with Crippen molar-refractivity contribution in [2.45, 2.75) is 26.8 Å². The molecule has 176 valence electrons. The van der Waals surface area contributed by atoms with Crippen LogP contribution in [0.15, 0.2) is 101 Å². The first-order valence-electron chi connectivity index (χ1n) is 11.5. The zero-order valence-corrected chi connectivity index (χ0v) is 20.0. The zero-order chi connectivity index (χ0) is 24.8. The number of amides is 2. The van der Waals surface area contributed by atoms with Gasteiger partial charge in [0.1, 0.15) is 11.5 Å². The SMILES string of the molecule is Cc1ccc(C(=O)N/C(=C\c2ccco2)C(=O)N[C@H](c2ccccc2)c2ccc(C)cc2C)cc1. The van der Waals surface area contributed by atoms with Crippen LogP contribution in [0.25, 0.3) is 6.08 Å². The second-order valence-electron chi connectivity index (χ2n) is 8.57. The van der Waals surface area contributed by atoms with Crippen LogP contribution in [0.1, 0.15) is 50.0 Å². The van der Waals surface area contributed by atoms with Crippen molar-refractivity contribution in [2.75, 3.05) is 0 Å². The standard InChI is InChI=1S/C30H28N2O3/c1-20-11-14-24(15-12-20)29(33)31-27(19-25-10-7-17-35-25)30(34)32-28(23-8-5-4-6-9-23)26-16-13-21(2)18-22(26)3/h4-19,28H,1-3H3,(H,31,33)(H,32,34)/b27-19-/t28-/m1/s1. The summed E-state index contributed by atoms with van der Waals surface area (Å²) in [6.45, 7) is 6.02. The summed E-state index contributed by atoms with van der Waals surface area (Å²) in [5.41, 5.74) is 5.74. The van der Waals surface area contributed by atoms with Gasteiger partial charge in [-0.3, -0.25) is 9.59 Å². The maximum absolute atomic E-state index is 13.6. The van der Waals surface area contributed by atoms with E-state index in [-0.39, 0.29) is 11.6 Å². The fraction of sp³-hybridized carbons (Fsp3) is 0.133. The van der Waals surface area contributed by atoms with Crippen molar-refractivity contribution in [1.29, 1.82) is 0 Å². The van der Waals surface area contributed by atoms with Crippen LogP contribution in [-0.2, 0) is 4.79 Å². The van der Waals surface area contributed by atoms with E-state index in [9.17, 15) is 9.59 Å². The number of carbonyl (C=O) groups excluding carboxylic acids is 2. The Hall–Kier alpha value is -4.38. The molecule has 0 saturated heterocycles. The third-order valence-electron chi connectivity index (χ3n) is 5.78. The van der Waals surface area contributed by atoms with Gasteiger partial charge in [0.15, 0.2) is 0 Å². The van der Waals surface area contributed by atoms with Gasteiger partial charge in [0.2, 0.25) is 0 Å². The highest BCUT2D eigenvalue weighted by Gasteiger charge is 2.22. The van der Waals surface area contributed by atoms with E-state index in [1.807, 2.05) is 75.4 Å². The summed E-state index contributed by atoms with van der Waals surface area (Å²) in [6, 6.07) is 26.2. The summed E-state index contributed by atoms with van der Waals surface area (Å²) in [5.74, 6) is -0.335. The van der Waals surface area contributed by atoms with Crippen molar-refractivity contribution in [3.05, 3.63) is 136 Å². The average Bonchev–Trinajstić information content (AvgIpc) is 3.36. The van der Waals surface area contributed by atoms with Crippen LogP contribution in [0.4, 0.5) is 0 Å². The van der Waals surface area contributed by atoms with E-state index < -0.39 is 11.9 Å². The van der Waals surface area contributed by atoms with Gasteiger partial charge in [0, 0.05) is 11.6 Å². The van der Waals surface area contributed by atoms with Gasteiger partial charge < -0.3 is 15.1 Å². The molecule has 3 aromatic carbocycles. The third kappa shape index (κ3) is 5.95. The summed E-state index contributed by atoms with van der Waals surface area (Å²) in [4.78, 5) is 26.5. The molecule has 5 nitrogen and oxygen atoms in total. The van der Waals surface area contributed by atoms with E-state index >= 15 is 0 Å². The quantitative estimate of drug-likeness (QED) is 0.336. The molecule has 0 bridgehead atoms. The minimum atomic E-state index is -0.421. The lowest BCUT2D eigenvalue weighted by molar-refractivity contribution is -0.118. The first-order valence-corrected chi connectivity index (χ1v) is 11.5. The molecule has 0 saturated carbocycles. The lowest BCUT2D eigenvalue weighted by Gasteiger charge is -2.23. The molecule has 5 heteroatoms. The summed E-state index contributed by atoms with van der Waals surface area (Å²) < 4.78 is 5.42. The van der Waals surface area contributed by atoms with Crippen LogP contribution < -0.4 is 10.6 Å². The number of benzene rings is 3. The molecule has 0 spiro atoms. The second-order valence-corrected chi connectivity index (χ2v) is 8.57. The van der Waals surface area contributed by atoms with Crippen LogP contribution in [0.2, 0.25) is 0 Å². The average molecular weight is 465 g/mol. The Morgan fingerprint density at radius 3 is 2.20 bits per heavy atom. The number of hydrogen-bond donors (Lipinski definition) is 2. The lowest BCUT2D eigenvalue weighted by atomic mass is 9.93. The minimum Gasteiger partial charge on any atom is -0.465 e. The number of carbonyl (C=O) groups is 2. The highest BCUT2D eigenvalue weighted by Crippen LogP contribution is 2.26. The summed E-state index contributed by atoms with van der Waals surface area (Å²) >= 11 is 0. The Morgan fingerprint density at radius 1 is 0.829 bits per heavy atom. The first kappa shape index (κ1) is 23.8. The molecule has 4 aromatic rings. The molecular formula is C30H28N2O3. The Balaban J connectivity index is 1.67. The van der Waals surface area contributed by atoms with Gasteiger partial charge in [-0.2, -0.15) is 0 Å². The first-order chi connectivity index (χ1) is 16.9. The molecular weight excluding hydrogens is 436 g/mol. The molecule has 0 aliphatic rings. The molecule has 2 amide bonds. The van der Waals surface area contributed by atoms with E-state index in [1.165, 1.54) is 12.3 Å². The van der Waals surface area contributed by atoms with Crippen molar-refractivity contribution in [2.24, 2.45) is 0 Å². The smallest absolute Gasteiger partial charge is 0.268 e. The normalized spacial score (nSPS) is 12.1. The Kier molecular flexibility index (Phi) is 7.27. The Labute approximate surface area is 205 Å². The lowest BCUT2D eigenvalue weighted by Crippen LogP contribution is -2.37. The maximum atomic E-state index is 13.6. The molecule has 0 fully saturated rings. The fourth-order valence-corrected chi connectivity index (χ4v) is 3.92. The number of rotatable bonds is 7. The largest absolute Gasteiger partial charge is 0.465 e. The van der Waals surface area contributed by atoms with E-state index in [1.54, 1.807) is 24.3 Å². The van der Waals surface area contributed by atoms with Crippen LogP contribution in [0.5, 0.6) is 0 Å². The van der Waals surface area contributed by atoms with Gasteiger partial charge in [0.05, 0.1) is 12.3 Å². The van der Waals surface area contributed by atoms with Crippen molar-refractivity contribution in [3.63, 3.8) is 0 Å². The van der Waals surface area contributed by atoms with Crippen molar-refractivity contribution >= 4 is 17.9 Å². The van der Waals surface area contributed by atoms with Crippen molar-refractivity contribution < 1.29 is 14.0 Å². The number of hydrogen-bond acceptors (Lipinski definition) is 3. The summed E-state index contributed by atoms with van der Waals surface area (Å²) in [5, 5.41) is 5.90. The number of nitrogens with one attached hydrogen (secondary N) is 2. The highest BCUT2D eigenvalue weighted by atomic mass is 16.3.